The Bertz CT molecular complexity index is 370. The molecular formula is C14H21NOS. The smallest absolute Gasteiger partial charge is 0.0988 e. The fraction of sp³-hybridized carbons (Fsp3) is 0.500. The highest BCUT2D eigenvalue weighted by Crippen LogP contribution is 2.19. The first-order chi connectivity index (χ1) is 7.82. The van der Waals surface area contributed by atoms with Crippen LogP contribution in [0.1, 0.15) is 39.4 Å². The summed E-state index contributed by atoms with van der Waals surface area (Å²) in [7, 11) is 0. The van der Waals surface area contributed by atoms with Crippen molar-refractivity contribution in [1.29, 1.82) is 0 Å². The molecule has 0 saturated heterocycles. The summed E-state index contributed by atoms with van der Waals surface area (Å²) in [5.41, 5.74) is 0.837. The number of thiocarbonyl (C=S) groups is 1. The third-order valence-electron chi connectivity index (χ3n) is 2.65. The molecule has 2 N–H and O–H groups in total. The maximum absolute atomic E-state index is 10.2. The summed E-state index contributed by atoms with van der Waals surface area (Å²) >= 11 is 5.31. The van der Waals surface area contributed by atoms with Crippen LogP contribution in [-0.2, 0) is 0 Å². The molecule has 1 aromatic carbocycles. The van der Waals surface area contributed by atoms with E-state index in [-0.39, 0.29) is 11.5 Å². The molecule has 0 aliphatic carbocycles. The Morgan fingerprint density at radius 1 is 1.24 bits per heavy atom. The van der Waals surface area contributed by atoms with Gasteiger partial charge in [-0.2, -0.15) is 0 Å². The van der Waals surface area contributed by atoms with E-state index in [9.17, 15) is 5.11 Å². The number of hydrogen-bond acceptors (Lipinski definition) is 2. The first kappa shape index (κ1) is 14.1. The molecule has 2 atom stereocenters. The maximum atomic E-state index is 10.2. The SMILES string of the molecule is C[C@@H](NC(=S)C(C)(C)C)[C@@H](O)c1ccccc1. The second kappa shape index (κ2) is 5.61. The summed E-state index contributed by atoms with van der Waals surface area (Å²) in [5, 5.41) is 13.4. The highest BCUT2D eigenvalue weighted by Gasteiger charge is 2.22. The second-order valence-electron chi connectivity index (χ2n) is 5.37. The molecule has 0 unspecified atom stereocenters. The molecule has 0 aliphatic rings. The predicted molar refractivity (Wildman–Crippen MR) is 76.1 cm³/mol. The Hall–Kier alpha value is -0.930. The Morgan fingerprint density at radius 3 is 2.24 bits per heavy atom. The fourth-order valence-electron chi connectivity index (χ4n) is 1.44. The van der Waals surface area contributed by atoms with E-state index in [1.54, 1.807) is 0 Å². The molecule has 94 valence electrons. The maximum Gasteiger partial charge on any atom is 0.0988 e. The lowest BCUT2D eigenvalue weighted by Crippen LogP contribution is -2.41. The van der Waals surface area contributed by atoms with Crippen molar-refractivity contribution in [2.75, 3.05) is 0 Å². The van der Waals surface area contributed by atoms with Crippen molar-refractivity contribution in [3.8, 4) is 0 Å². The van der Waals surface area contributed by atoms with Crippen LogP contribution in [0.3, 0.4) is 0 Å². The molecule has 0 heterocycles. The van der Waals surface area contributed by atoms with Crippen LogP contribution in [0.15, 0.2) is 30.3 Å². The lowest BCUT2D eigenvalue weighted by atomic mass is 9.95. The number of nitrogens with one attached hydrogen (secondary N) is 1. The van der Waals surface area contributed by atoms with Gasteiger partial charge >= 0.3 is 0 Å². The van der Waals surface area contributed by atoms with Gasteiger partial charge in [-0.25, -0.2) is 0 Å². The lowest BCUT2D eigenvalue weighted by Gasteiger charge is -2.27. The monoisotopic (exact) mass is 251 g/mol. The van der Waals surface area contributed by atoms with Gasteiger partial charge in [0, 0.05) is 5.41 Å². The third kappa shape index (κ3) is 4.10. The summed E-state index contributed by atoms with van der Waals surface area (Å²) in [6.45, 7) is 8.12. The van der Waals surface area contributed by atoms with E-state index < -0.39 is 6.10 Å². The van der Waals surface area contributed by atoms with Gasteiger partial charge in [0.2, 0.25) is 0 Å². The van der Waals surface area contributed by atoms with Gasteiger partial charge in [-0.3, -0.25) is 0 Å². The molecule has 1 rings (SSSR count). The van der Waals surface area contributed by atoms with E-state index in [2.05, 4.69) is 26.1 Å². The van der Waals surface area contributed by atoms with Gasteiger partial charge in [0.1, 0.15) is 0 Å². The normalized spacial score (nSPS) is 15.1. The number of rotatable bonds is 3. The minimum absolute atomic E-state index is 0.0694. The zero-order chi connectivity index (χ0) is 13.1. The molecule has 0 saturated carbocycles. The van der Waals surface area contributed by atoms with Gasteiger partial charge in [-0.1, -0.05) is 63.3 Å². The third-order valence-corrected chi connectivity index (χ3v) is 3.38. The van der Waals surface area contributed by atoms with E-state index in [0.717, 1.165) is 10.6 Å². The minimum atomic E-state index is -0.545. The molecule has 0 spiro atoms. The second-order valence-corrected chi connectivity index (χ2v) is 5.78. The van der Waals surface area contributed by atoms with Crippen LogP contribution in [-0.4, -0.2) is 16.1 Å². The molecule has 3 heteroatoms. The van der Waals surface area contributed by atoms with Crippen molar-refractivity contribution in [1.82, 2.24) is 5.32 Å². The molecule has 0 radical (unpaired) electrons. The lowest BCUT2D eigenvalue weighted by molar-refractivity contribution is 0.144. The number of benzene rings is 1. The van der Waals surface area contributed by atoms with Crippen LogP contribution in [0.4, 0.5) is 0 Å². The predicted octanol–water partition coefficient (Wildman–Crippen LogP) is 3.07. The van der Waals surface area contributed by atoms with Crippen molar-refractivity contribution in [2.45, 2.75) is 39.8 Å². The first-order valence-electron chi connectivity index (χ1n) is 5.86. The summed E-state index contributed by atoms with van der Waals surface area (Å²) in [6.07, 6.45) is -0.545. The Balaban J connectivity index is 2.66. The van der Waals surface area contributed by atoms with Crippen LogP contribution >= 0.6 is 12.2 Å². The number of hydrogen-bond donors (Lipinski definition) is 2. The van der Waals surface area contributed by atoms with Crippen LogP contribution in [0.25, 0.3) is 0 Å². The van der Waals surface area contributed by atoms with E-state index in [0.29, 0.717) is 0 Å². The van der Waals surface area contributed by atoms with Gasteiger partial charge in [-0.05, 0) is 12.5 Å². The molecular weight excluding hydrogens is 230 g/mol. The molecule has 0 fully saturated rings. The van der Waals surface area contributed by atoms with Gasteiger partial charge < -0.3 is 10.4 Å². The first-order valence-corrected chi connectivity index (χ1v) is 6.27. The standard InChI is InChI=1S/C14H21NOS/c1-10(15-13(17)14(2,3)4)12(16)11-8-6-5-7-9-11/h5-10,12,16H,1-4H3,(H,15,17)/t10-,12-/m1/s1. The Morgan fingerprint density at radius 2 is 1.76 bits per heavy atom. The molecule has 2 nitrogen and oxygen atoms in total. The minimum Gasteiger partial charge on any atom is -0.386 e. The molecule has 1 aromatic rings. The molecule has 0 aliphatic heterocycles. The summed E-state index contributed by atoms with van der Waals surface area (Å²) in [6, 6.07) is 9.53. The zero-order valence-electron chi connectivity index (χ0n) is 10.9. The number of aliphatic hydroxyl groups is 1. The molecule has 0 bridgehead atoms. The highest BCUT2D eigenvalue weighted by atomic mass is 32.1. The van der Waals surface area contributed by atoms with Crippen molar-refractivity contribution in [3.05, 3.63) is 35.9 Å². The quantitative estimate of drug-likeness (QED) is 0.810. The summed E-state index contributed by atoms with van der Waals surface area (Å²) in [5.74, 6) is 0. The Labute approximate surface area is 109 Å². The molecule has 0 aromatic heterocycles. The average Bonchev–Trinajstić information content (AvgIpc) is 2.27. The van der Waals surface area contributed by atoms with E-state index in [4.69, 9.17) is 12.2 Å². The topological polar surface area (TPSA) is 32.3 Å². The van der Waals surface area contributed by atoms with E-state index >= 15 is 0 Å². The van der Waals surface area contributed by atoms with E-state index in [1.165, 1.54) is 0 Å². The zero-order valence-corrected chi connectivity index (χ0v) is 11.7. The number of aliphatic hydroxyl groups excluding tert-OH is 1. The van der Waals surface area contributed by atoms with Crippen molar-refractivity contribution >= 4 is 17.2 Å². The summed E-state index contributed by atoms with van der Waals surface area (Å²) < 4.78 is 0. The van der Waals surface area contributed by atoms with Crippen molar-refractivity contribution in [2.24, 2.45) is 5.41 Å². The fourth-order valence-corrected chi connectivity index (χ4v) is 1.63. The van der Waals surface area contributed by atoms with Crippen LogP contribution in [0.2, 0.25) is 0 Å². The van der Waals surface area contributed by atoms with Gasteiger partial charge in [0.25, 0.3) is 0 Å². The van der Waals surface area contributed by atoms with Crippen LogP contribution in [0.5, 0.6) is 0 Å². The average molecular weight is 251 g/mol. The van der Waals surface area contributed by atoms with Crippen LogP contribution < -0.4 is 5.32 Å². The van der Waals surface area contributed by atoms with Crippen molar-refractivity contribution < 1.29 is 5.11 Å². The highest BCUT2D eigenvalue weighted by molar-refractivity contribution is 7.80. The summed E-state index contributed by atoms with van der Waals surface area (Å²) in [4.78, 5) is 0.778. The van der Waals surface area contributed by atoms with Crippen LogP contribution in [0, 0.1) is 5.41 Å². The van der Waals surface area contributed by atoms with Crippen molar-refractivity contribution in [3.63, 3.8) is 0 Å². The molecule has 0 amide bonds. The van der Waals surface area contributed by atoms with Gasteiger partial charge in [0.15, 0.2) is 0 Å². The van der Waals surface area contributed by atoms with Gasteiger partial charge in [0.05, 0.1) is 17.1 Å². The van der Waals surface area contributed by atoms with E-state index in [1.807, 2.05) is 37.3 Å². The largest absolute Gasteiger partial charge is 0.386 e. The Kier molecular flexibility index (Phi) is 4.66. The molecule has 17 heavy (non-hydrogen) atoms. The van der Waals surface area contributed by atoms with Gasteiger partial charge in [-0.15, -0.1) is 0 Å².